The highest BCUT2D eigenvalue weighted by molar-refractivity contribution is 6.00. The summed E-state index contributed by atoms with van der Waals surface area (Å²) in [6.07, 6.45) is 4.38. The van der Waals surface area contributed by atoms with Gasteiger partial charge in [0.05, 0.1) is 0 Å². The number of unbranched alkanes of at least 4 members (excludes halogenated alkanes) is 1. The first-order valence-corrected chi connectivity index (χ1v) is 5.62. The molecule has 0 aromatic heterocycles. The number of hydrogen-bond acceptors (Lipinski definition) is 2. The van der Waals surface area contributed by atoms with E-state index in [1.807, 2.05) is 5.92 Å². The molecule has 0 aliphatic rings. The summed E-state index contributed by atoms with van der Waals surface area (Å²) in [6, 6.07) is 0. The van der Waals surface area contributed by atoms with Gasteiger partial charge in [0.15, 0.2) is 0 Å². The van der Waals surface area contributed by atoms with Crippen LogP contribution in [0.15, 0.2) is 0 Å². The van der Waals surface area contributed by atoms with Crippen molar-refractivity contribution in [3.8, 4) is 11.8 Å². The maximum atomic E-state index is 11.1. The lowest BCUT2D eigenvalue weighted by atomic mass is 9.99. The Morgan fingerprint density at radius 2 is 2.00 bits per heavy atom. The fourth-order valence-electron chi connectivity index (χ4n) is 1.33. The van der Waals surface area contributed by atoms with Crippen molar-refractivity contribution < 1.29 is 14.7 Å². The molecule has 0 saturated carbocycles. The lowest BCUT2D eigenvalue weighted by Crippen LogP contribution is -2.28. The van der Waals surface area contributed by atoms with E-state index in [-0.39, 0.29) is 0 Å². The summed E-state index contributed by atoms with van der Waals surface area (Å²) >= 11 is 0. The molecule has 1 atom stereocenters. The van der Waals surface area contributed by atoms with E-state index in [0.717, 1.165) is 25.7 Å². The van der Waals surface area contributed by atoms with Crippen LogP contribution >= 0.6 is 0 Å². The minimum Gasteiger partial charge on any atom is -0.472 e. The number of aliphatic carboxylic acids is 1. The third-order valence-corrected chi connectivity index (χ3v) is 2.38. The summed E-state index contributed by atoms with van der Waals surface area (Å²) in [5.74, 6) is 2.46. The maximum Gasteiger partial charge on any atom is 0.382 e. The van der Waals surface area contributed by atoms with Crippen LogP contribution in [0.4, 0.5) is 0 Å². The second-order valence-corrected chi connectivity index (χ2v) is 3.68. The number of amides is 1. The molecule has 90 valence electrons. The highest BCUT2D eigenvalue weighted by Crippen LogP contribution is 2.10. The molecule has 0 bridgehead atoms. The van der Waals surface area contributed by atoms with Gasteiger partial charge in [-0.2, -0.15) is 0 Å². The number of rotatable bonds is 6. The average molecular weight is 225 g/mol. The van der Waals surface area contributed by atoms with Crippen molar-refractivity contribution in [3.05, 3.63) is 0 Å². The summed E-state index contributed by atoms with van der Waals surface area (Å²) in [7, 11) is 0. The zero-order chi connectivity index (χ0) is 12.4. The number of carbonyl (C=O) groups excluding carboxylic acids is 1. The zero-order valence-electron chi connectivity index (χ0n) is 9.88. The second kappa shape index (κ2) is 8.78. The van der Waals surface area contributed by atoms with Gasteiger partial charge in [-0.3, -0.25) is 4.79 Å². The van der Waals surface area contributed by atoms with E-state index < -0.39 is 11.9 Å². The van der Waals surface area contributed by atoms with E-state index in [4.69, 9.17) is 5.11 Å². The predicted molar refractivity (Wildman–Crippen MR) is 61.7 cm³/mol. The lowest BCUT2D eigenvalue weighted by molar-refractivity contribution is -0.130. The first kappa shape index (κ1) is 14.5. The number of hydrogen-bond donors (Lipinski definition) is 2. The Morgan fingerprint density at radius 3 is 2.50 bits per heavy atom. The maximum absolute atomic E-state index is 11.1. The van der Waals surface area contributed by atoms with Crippen LogP contribution in [-0.2, 0) is 9.59 Å². The van der Waals surface area contributed by atoms with E-state index in [1.54, 1.807) is 5.92 Å². The summed E-state index contributed by atoms with van der Waals surface area (Å²) < 4.78 is 0. The van der Waals surface area contributed by atoms with Crippen molar-refractivity contribution in [2.45, 2.75) is 39.5 Å². The first-order chi connectivity index (χ1) is 7.60. The number of carboxylic acids is 1. The van der Waals surface area contributed by atoms with Crippen LogP contribution in [0.5, 0.6) is 0 Å². The van der Waals surface area contributed by atoms with Crippen LogP contribution in [0, 0.1) is 17.8 Å². The summed E-state index contributed by atoms with van der Waals surface area (Å²) in [4.78, 5) is 21.2. The average Bonchev–Trinajstić information content (AvgIpc) is 2.26. The molecular weight excluding hydrogens is 206 g/mol. The fourth-order valence-corrected chi connectivity index (χ4v) is 1.33. The molecule has 1 unspecified atom stereocenters. The Hall–Kier alpha value is -1.50. The lowest BCUT2D eigenvalue weighted by Gasteiger charge is -2.13. The molecule has 16 heavy (non-hydrogen) atoms. The molecule has 0 aliphatic heterocycles. The van der Waals surface area contributed by atoms with E-state index in [1.165, 1.54) is 0 Å². The SMILES string of the molecule is CCCCC(CC)CNC(=O)C#CC(=O)O. The van der Waals surface area contributed by atoms with Gasteiger partial charge >= 0.3 is 5.97 Å². The molecule has 0 aromatic rings. The zero-order valence-corrected chi connectivity index (χ0v) is 9.88. The van der Waals surface area contributed by atoms with Crippen LogP contribution in [0.1, 0.15) is 39.5 Å². The van der Waals surface area contributed by atoms with Crippen molar-refractivity contribution in [3.63, 3.8) is 0 Å². The molecule has 0 fully saturated rings. The summed E-state index contributed by atoms with van der Waals surface area (Å²) in [5, 5.41) is 10.9. The minimum absolute atomic E-state index is 0.454. The third-order valence-electron chi connectivity index (χ3n) is 2.38. The highest BCUT2D eigenvalue weighted by atomic mass is 16.4. The Morgan fingerprint density at radius 1 is 1.31 bits per heavy atom. The quantitative estimate of drug-likeness (QED) is 0.672. The van der Waals surface area contributed by atoms with E-state index in [0.29, 0.717) is 12.5 Å². The Bertz CT molecular complexity index is 288. The molecule has 0 radical (unpaired) electrons. The van der Waals surface area contributed by atoms with Crippen molar-refractivity contribution in [1.82, 2.24) is 5.32 Å². The van der Waals surface area contributed by atoms with Gasteiger partial charge in [0, 0.05) is 18.4 Å². The van der Waals surface area contributed by atoms with Gasteiger partial charge < -0.3 is 10.4 Å². The van der Waals surface area contributed by atoms with Crippen LogP contribution < -0.4 is 5.32 Å². The molecule has 0 saturated heterocycles. The number of nitrogens with one attached hydrogen (secondary N) is 1. The molecule has 0 aliphatic carbocycles. The smallest absolute Gasteiger partial charge is 0.382 e. The molecular formula is C12H19NO3. The van der Waals surface area contributed by atoms with Gasteiger partial charge in [0.2, 0.25) is 0 Å². The summed E-state index contributed by atoms with van der Waals surface area (Å²) in [5.41, 5.74) is 0. The van der Waals surface area contributed by atoms with Crippen molar-refractivity contribution in [2.24, 2.45) is 5.92 Å². The largest absolute Gasteiger partial charge is 0.472 e. The predicted octanol–water partition coefficient (Wildman–Crippen LogP) is 1.41. The highest BCUT2D eigenvalue weighted by Gasteiger charge is 2.06. The topological polar surface area (TPSA) is 66.4 Å². The fraction of sp³-hybridized carbons (Fsp3) is 0.667. The van der Waals surface area contributed by atoms with Crippen molar-refractivity contribution in [2.75, 3.05) is 6.54 Å². The Labute approximate surface area is 96.4 Å². The molecule has 2 N–H and O–H groups in total. The van der Waals surface area contributed by atoms with Gasteiger partial charge in [-0.1, -0.05) is 33.1 Å². The molecule has 0 rings (SSSR count). The number of carboxylic acid groups (broad SMARTS) is 1. The van der Waals surface area contributed by atoms with E-state index in [2.05, 4.69) is 19.2 Å². The normalized spacial score (nSPS) is 11.1. The third kappa shape index (κ3) is 7.86. The van der Waals surface area contributed by atoms with Gasteiger partial charge in [0.1, 0.15) is 0 Å². The van der Waals surface area contributed by atoms with Crippen molar-refractivity contribution in [1.29, 1.82) is 0 Å². The van der Waals surface area contributed by atoms with Gasteiger partial charge in [0.25, 0.3) is 5.91 Å². The molecule has 0 aromatic carbocycles. The van der Waals surface area contributed by atoms with E-state index >= 15 is 0 Å². The second-order valence-electron chi connectivity index (χ2n) is 3.68. The van der Waals surface area contributed by atoms with Crippen molar-refractivity contribution >= 4 is 11.9 Å². The molecule has 4 heteroatoms. The van der Waals surface area contributed by atoms with Crippen LogP contribution in [0.25, 0.3) is 0 Å². The van der Waals surface area contributed by atoms with Crippen LogP contribution in [0.3, 0.4) is 0 Å². The molecule has 4 nitrogen and oxygen atoms in total. The minimum atomic E-state index is -1.28. The standard InChI is InChI=1S/C12H19NO3/c1-3-5-6-10(4-2)9-13-11(14)7-8-12(15)16/h10H,3-6,9H2,1-2H3,(H,13,14)(H,15,16). The monoisotopic (exact) mass is 225 g/mol. The van der Waals surface area contributed by atoms with E-state index in [9.17, 15) is 9.59 Å². The van der Waals surface area contributed by atoms with Gasteiger partial charge in [-0.05, 0) is 12.3 Å². The van der Waals surface area contributed by atoms with Crippen LogP contribution in [-0.4, -0.2) is 23.5 Å². The number of carbonyl (C=O) groups is 2. The molecule has 0 spiro atoms. The Balaban J connectivity index is 3.89. The van der Waals surface area contributed by atoms with Gasteiger partial charge in [-0.15, -0.1) is 0 Å². The van der Waals surface area contributed by atoms with Crippen LogP contribution in [0.2, 0.25) is 0 Å². The van der Waals surface area contributed by atoms with Gasteiger partial charge in [-0.25, -0.2) is 4.79 Å². The first-order valence-electron chi connectivity index (χ1n) is 5.62. The summed E-state index contributed by atoms with van der Waals surface area (Å²) in [6.45, 7) is 4.78. The Kier molecular flexibility index (Phi) is 7.96. The molecule has 1 amide bonds. The molecule has 0 heterocycles.